The maximum atomic E-state index is 12.5. The van der Waals surface area contributed by atoms with Gasteiger partial charge in [0.25, 0.3) is 0 Å². The molecule has 6 heteroatoms. The molecular weight excluding hydrogens is 350 g/mol. The highest BCUT2D eigenvalue weighted by Gasteiger charge is 2.26. The largest absolute Gasteiger partial charge is 0.342 e. The Labute approximate surface area is 156 Å². The summed E-state index contributed by atoms with van der Waals surface area (Å²) in [6.07, 6.45) is 1.98. The number of halogens is 1. The Morgan fingerprint density at radius 3 is 2.58 bits per heavy atom. The number of piperidine rings is 1. The van der Waals surface area contributed by atoms with E-state index in [-0.39, 0.29) is 17.6 Å². The Hall–Kier alpha value is -2.53. The molecule has 0 aliphatic carbocycles. The summed E-state index contributed by atoms with van der Waals surface area (Å²) >= 11 is 6.01. The van der Waals surface area contributed by atoms with Gasteiger partial charge in [0.15, 0.2) is 0 Å². The average molecular weight is 370 g/mol. The lowest BCUT2D eigenvalue weighted by atomic mass is 10.0. The molecule has 1 amide bonds. The number of fused-ring (bicyclic) bond motifs is 1. The molecule has 5 nitrogen and oxygen atoms in total. The normalized spacial score (nSPS) is 15.5. The van der Waals surface area contributed by atoms with Crippen LogP contribution in [0.5, 0.6) is 0 Å². The Kier molecular flexibility index (Phi) is 4.55. The Morgan fingerprint density at radius 2 is 1.85 bits per heavy atom. The topological polar surface area (TPSA) is 58.1 Å². The number of likely N-dealkylation sites (tertiary alicyclic amines) is 1. The summed E-state index contributed by atoms with van der Waals surface area (Å²) in [6.45, 7) is 1.34. The number of carbonyl (C=O) groups excluding carboxylic acids is 1. The summed E-state index contributed by atoms with van der Waals surface area (Å²) < 4.78 is 1.81. The van der Waals surface area contributed by atoms with Crippen LogP contribution in [0.15, 0.2) is 53.3 Å². The third kappa shape index (κ3) is 3.27. The first-order valence-corrected chi connectivity index (χ1v) is 9.21. The molecule has 1 aromatic heterocycles. The third-order valence-electron chi connectivity index (χ3n) is 5.06. The van der Waals surface area contributed by atoms with Crippen molar-refractivity contribution < 1.29 is 4.79 Å². The second kappa shape index (κ2) is 7.00. The first-order valence-electron chi connectivity index (χ1n) is 8.83. The fraction of sp³-hybridized carbons (Fsp3) is 0.300. The van der Waals surface area contributed by atoms with E-state index in [1.807, 2.05) is 45.9 Å². The van der Waals surface area contributed by atoms with Gasteiger partial charge >= 0.3 is 5.69 Å². The molecular formula is C20H20ClN3O2. The number of hydrogen-bond donors (Lipinski definition) is 1. The number of amides is 1. The summed E-state index contributed by atoms with van der Waals surface area (Å²) in [5.41, 5.74) is 2.54. The summed E-state index contributed by atoms with van der Waals surface area (Å²) in [4.78, 5) is 29.7. The van der Waals surface area contributed by atoms with Gasteiger partial charge in [-0.2, -0.15) is 0 Å². The number of benzene rings is 2. The molecule has 2 heterocycles. The number of aromatic nitrogens is 2. The van der Waals surface area contributed by atoms with Crippen LogP contribution >= 0.6 is 11.6 Å². The minimum Gasteiger partial charge on any atom is -0.342 e. The van der Waals surface area contributed by atoms with E-state index in [0.29, 0.717) is 24.5 Å². The van der Waals surface area contributed by atoms with Gasteiger partial charge in [-0.3, -0.25) is 9.36 Å². The van der Waals surface area contributed by atoms with Crippen LogP contribution in [0.1, 0.15) is 24.4 Å². The van der Waals surface area contributed by atoms with Gasteiger partial charge in [0, 0.05) is 24.2 Å². The van der Waals surface area contributed by atoms with Gasteiger partial charge < -0.3 is 9.88 Å². The van der Waals surface area contributed by atoms with Crippen LogP contribution in [-0.2, 0) is 11.2 Å². The van der Waals surface area contributed by atoms with E-state index in [1.165, 1.54) is 0 Å². The number of carbonyl (C=O) groups is 1. The highest BCUT2D eigenvalue weighted by molar-refractivity contribution is 6.31. The van der Waals surface area contributed by atoms with E-state index in [1.54, 1.807) is 12.1 Å². The van der Waals surface area contributed by atoms with Gasteiger partial charge in [-0.15, -0.1) is 0 Å². The summed E-state index contributed by atoms with van der Waals surface area (Å²) in [5.74, 6) is 0.146. The molecule has 1 aliphatic rings. The fourth-order valence-corrected chi connectivity index (χ4v) is 3.89. The molecule has 1 N–H and O–H groups in total. The maximum Gasteiger partial charge on any atom is 0.326 e. The zero-order valence-corrected chi connectivity index (χ0v) is 15.1. The van der Waals surface area contributed by atoms with Crippen molar-refractivity contribution in [2.75, 3.05) is 13.1 Å². The zero-order valence-electron chi connectivity index (χ0n) is 14.3. The van der Waals surface area contributed by atoms with Gasteiger partial charge in [-0.1, -0.05) is 41.9 Å². The van der Waals surface area contributed by atoms with Crippen molar-refractivity contribution in [3.63, 3.8) is 0 Å². The molecule has 3 aromatic rings. The van der Waals surface area contributed by atoms with E-state index >= 15 is 0 Å². The predicted octanol–water partition coefficient (Wildman–Crippen LogP) is 3.39. The highest BCUT2D eigenvalue weighted by Crippen LogP contribution is 2.26. The number of aromatic amines is 1. The molecule has 1 saturated heterocycles. The minimum absolute atomic E-state index is 0.0956. The molecule has 0 unspecified atom stereocenters. The molecule has 4 rings (SSSR count). The molecule has 0 saturated carbocycles. The van der Waals surface area contributed by atoms with Gasteiger partial charge in [0.1, 0.15) is 0 Å². The van der Waals surface area contributed by atoms with Crippen molar-refractivity contribution in [2.24, 2.45) is 0 Å². The molecule has 0 radical (unpaired) electrons. The molecule has 0 atom stereocenters. The van der Waals surface area contributed by atoms with Crippen LogP contribution in [-0.4, -0.2) is 33.4 Å². The van der Waals surface area contributed by atoms with E-state index in [9.17, 15) is 9.59 Å². The number of H-pyrrole nitrogens is 1. The van der Waals surface area contributed by atoms with Crippen LogP contribution in [0.2, 0.25) is 5.02 Å². The maximum absolute atomic E-state index is 12.5. The standard InChI is InChI=1S/C20H20ClN3O2/c21-15-6-7-18-17(13-15)22-20(26)24(18)16-8-10-23(11-9-16)19(25)12-14-4-2-1-3-5-14/h1-7,13,16H,8-12H2,(H,22,26). The first kappa shape index (κ1) is 16.9. The molecule has 26 heavy (non-hydrogen) atoms. The highest BCUT2D eigenvalue weighted by atomic mass is 35.5. The molecule has 1 fully saturated rings. The monoisotopic (exact) mass is 369 g/mol. The quantitative estimate of drug-likeness (QED) is 0.769. The van der Waals surface area contributed by atoms with Crippen molar-refractivity contribution in [1.29, 1.82) is 0 Å². The SMILES string of the molecule is O=C(Cc1ccccc1)N1CCC(n2c(=O)[nH]c3cc(Cl)ccc32)CC1. The predicted molar refractivity (Wildman–Crippen MR) is 103 cm³/mol. The average Bonchev–Trinajstić information content (AvgIpc) is 2.97. The van der Waals surface area contributed by atoms with E-state index in [2.05, 4.69) is 4.98 Å². The van der Waals surface area contributed by atoms with Gasteiger partial charge in [0.05, 0.1) is 17.5 Å². The number of imidazole rings is 1. The van der Waals surface area contributed by atoms with E-state index < -0.39 is 0 Å². The molecule has 1 aliphatic heterocycles. The lowest BCUT2D eigenvalue weighted by Gasteiger charge is -2.32. The summed E-state index contributed by atoms with van der Waals surface area (Å²) in [7, 11) is 0. The number of nitrogens with zero attached hydrogens (tertiary/aromatic N) is 2. The Balaban J connectivity index is 1.46. The summed E-state index contributed by atoms with van der Waals surface area (Å²) in [5, 5.41) is 0.604. The third-order valence-corrected chi connectivity index (χ3v) is 5.29. The van der Waals surface area contributed by atoms with Crippen molar-refractivity contribution in [1.82, 2.24) is 14.5 Å². The number of hydrogen-bond acceptors (Lipinski definition) is 2. The van der Waals surface area contributed by atoms with E-state index in [4.69, 9.17) is 11.6 Å². The van der Waals surface area contributed by atoms with E-state index in [0.717, 1.165) is 29.4 Å². The van der Waals surface area contributed by atoms with Crippen LogP contribution in [0.4, 0.5) is 0 Å². The van der Waals surface area contributed by atoms with Gasteiger partial charge in [-0.25, -0.2) is 4.79 Å². The van der Waals surface area contributed by atoms with Gasteiger partial charge in [-0.05, 0) is 36.6 Å². The van der Waals surface area contributed by atoms with Crippen LogP contribution in [0.3, 0.4) is 0 Å². The fourth-order valence-electron chi connectivity index (χ4n) is 3.72. The first-order chi connectivity index (χ1) is 12.6. The zero-order chi connectivity index (χ0) is 18.1. The van der Waals surface area contributed by atoms with Gasteiger partial charge in [0.2, 0.25) is 5.91 Å². The minimum atomic E-state index is -0.115. The number of nitrogens with one attached hydrogen (secondary N) is 1. The van der Waals surface area contributed by atoms with Crippen molar-refractivity contribution in [2.45, 2.75) is 25.3 Å². The molecule has 134 valence electrons. The second-order valence-corrected chi connectivity index (χ2v) is 7.17. The summed E-state index contributed by atoms with van der Waals surface area (Å²) in [6, 6.07) is 15.3. The lowest BCUT2D eigenvalue weighted by molar-refractivity contribution is -0.131. The molecule has 0 spiro atoms. The smallest absolute Gasteiger partial charge is 0.326 e. The van der Waals surface area contributed by atoms with Crippen LogP contribution < -0.4 is 5.69 Å². The van der Waals surface area contributed by atoms with Crippen molar-refractivity contribution in [3.05, 3.63) is 69.6 Å². The van der Waals surface area contributed by atoms with Crippen molar-refractivity contribution in [3.8, 4) is 0 Å². The second-order valence-electron chi connectivity index (χ2n) is 6.74. The Bertz CT molecular complexity index is 985. The van der Waals surface area contributed by atoms with Crippen LogP contribution in [0.25, 0.3) is 11.0 Å². The van der Waals surface area contributed by atoms with Crippen LogP contribution in [0, 0.1) is 0 Å². The number of rotatable bonds is 3. The Morgan fingerprint density at radius 1 is 1.12 bits per heavy atom. The molecule has 2 aromatic carbocycles. The molecule has 0 bridgehead atoms. The van der Waals surface area contributed by atoms with Crippen molar-refractivity contribution >= 4 is 28.5 Å². The lowest BCUT2D eigenvalue weighted by Crippen LogP contribution is -2.41.